The highest BCUT2D eigenvalue weighted by molar-refractivity contribution is 5.90. The molecule has 1 aromatic rings. The van der Waals surface area contributed by atoms with Gasteiger partial charge in [-0.05, 0) is 18.6 Å². The van der Waals surface area contributed by atoms with Crippen molar-refractivity contribution in [3.63, 3.8) is 0 Å². The molecular formula is C11H14NO2. The van der Waals surface area contributed by atoms with Gasteiger partial charge in [0.1, 0.15) is 5.75 Å². The lowest BCUT2D eigenvalue weighted by Crippen LogP contribution is -2.10. The molecule has 0 saturated heterocycles. The van der Waals surface area contributed by atoms with E-state index in [9.17, 15) is 4.79 Å². The van der Waals surface area contributed by atoms with Gasteiger partial charge in [0, 0.05) is 24.2 Å². The van der Waals surface area contributed by atoms with Gasteiger partial charge in [-0.2, -0.15) is 0 Å². The van der Waals surface area contributed by atoms with Gasteiger partial charge in [0.15, 0.2) is 0 Å². The highest BCUT2D eigenvalue weighted by Crippen LogP contribution is 2.16. The zero-order valence-corrected chi connectivity index (χ0v) is 8.46. The third-order valence-corrected chi connectivity index (χ3v) is 1.76. The number of ether oxygens (including phenoxy) is 1. The van der Waals surface area contributed by atoms with Gasteiger partial charge >= 0.3 is 0 Å². The Balaban J connectivity index is 2.62. The summed E-state index contributed by atoms with van der Waals surface area (Å²) in [5.41, 5.74) is 0.749. The zero-order valence-electron chi connectivity index (χ0n) is 8.46. The van der Waals surface area contributed by atoms with E-state index in [1.165, 1.54) is 0 Å². The van der Waals surface area contributed by atoms with Crippen LogP contribution in [-0.4, -0.2) is 13.0 Å². The number of benzene rings is 1. The molecule has 1 rings (SSSR count). The fourth-order valence-electron chi connectivity index (χ4n) is 1.09. The molecule has 1 aromatic carbocycles. The van der Waals surface area contributed by atoms with Gasteiger partial charge in [0.05, 0.1) is 7.11 Å². The normalized spacial score (nSPS) is 9.57. The second kappa shape index (κ2) is 5.27. The summed E-state index contributed by atoms with van der Waals surface area (Å²) >= 11 is 0. The number of anilines is 1. The fraction of sp³-hybridized carbons (Fsp3) is 0.364. The Labute approximate surface area is 84.1 Å². The maximum atomic E-state index is 11.2. The van der Waals surface area contributed by atoms with E-state index in [4.69, 9.17) is 4.74 Å². The molecule has 0 aliphatic rings. The first-order valence-corrected chi connectivity index (χ1v) is 4.62. The van der Waals surface area contributed by atoms with Gasteiger partial charge in [-0.25, -0.2) is 0 Å². The Kier molecular flexibility index (Phi) is 3.98. The van der Waals surface area contributed by atoms with E-state index in [-0.39, 0.29) is 5.91 Å². The van der Waals surface area contributed by atoms with Crippen LogP contribution in [0, 0.1) is 6.07 Å². The molecule has 1 radical (unpaired) electrons. The summed E-state index contributed by atoms with van der Waals surface area (Å²) in [5, 5.41) is 2.78. The van der Waals surface area contributed by atoms with Crippen LogP contribution in [0.1, 0.15) is 19.8 Å². The number of hydrogen-bond acceptors (Lipinski definition) is 2. The summed E-state index contributed by atoms with van der Waals surface area (Å²) in [4.78, 5) is 11.2. The molecule has 75 valence electrons. The number of hydrogen-bond donors (Lipinski definition) is 1. The average Bonchev–Trinajstić information content (AvgIpc) is 2.18. The number of rotatable bonds is 4. The molecule has 1 amide bonds. The van der Waals surface area contributed by atoms with E-state index in [2.05, 4.69) is 11.4 Å². The lowest BCUT2D eigenvalue weighted by Gasteiger charge is -2.05. The number of carbonyl (C=O) groups is 1. The molecule has 0 saturated carbocycles. The van der Waals surface area contributed by atoms with Crippen molar-refractivity contribution in [2.45, 2.75) is 19.8 Å². The Morgan fingerprint density at radius 2 is 2.43 bits per heavy atom. The van der Waals surface area contributed by atoms with Crippen molar-refractivity contribution in [3.8, 4) is 5.75 Å². The van der Waals surface area contributed by atoms with Crippen LogP contribution in [0.15, 0.2) is 18.2 Å². The van der Waals surface area contributed by atoms with Gasteiger partial charge < -0.3 is 10.1 Å². The second-order valence-corrected chi connectivity index (χ2v) is 2.94. The van der Waals surface area contributed by atoms with Crippen LogP contribution in [0.2, 0.25) is 0 Å². The van der Waals surface area contributed by atoms with Crippen LogP contribution in [-0.2, 0) is 4.79 Å². The van der Waals surface area contributed by atoms with Gasteiger partial charge in [-0.1, -0.05) is 6.92 Å². The lowest BCUT2D eigenvalue weighted by molar-refractivity contribution is -0.116. The van der Waals surface area contributed by atoms with E-state index < -0.39 is 0 Å². The Bertz CT molecular complexity index is 310. The minimum absolute atomic E-state index is 0.0285. The minimum atomic E-state index is 0.0285. The molecule has 0 bridgehead atoms. The molecule has 0 aliphatic carbocycles. The van der Waals surface area contributed by atoms with Crippen molar-refractivity contribution >= 4 is 11.6 Å². The molecule has 0 fully saturated rings. The van der Waals surface area contributed by atoms with E-state index in [0.717, 1.165) is 12.1 Å². The van der Waals surface area contributed by atoms with Crippen LogP contribution in [0.5, 0.6) is 5.75 Å². The first kappa shape index (κ1) is 10.6. The largest absolute Gasteiger partial charge is 0.496 e. The summed E-state index contributed by atoms with van der Waals surface area (Å²) in [6.45, 7) is 1.97. The maximum Gasteiger partial charge on any atom is 0.224 e. The lowest BCUT2D eigenvalue weighted by atomic mass is 10.2. The molecular weight excluding hydrogens is 178 g/mol. The SMILES string of the molecule is CCCC(=O)Nc1cc[c]c(OC)c1. The summed E-state index contributed by atoms with van der Waals surface area (Å²) in [6, 6.07) is 8.14. The molecule has 1 N–H and O–H groups in total. The van der Waals surface area contributed by atoms with E-state index in [1.54, 1.807) is 25.3 Å². The summed E-state index contributed by atoms with van der Waals surface area (Å²) < 4.78 is 4.99. The number of amides is 1. The van der Waals surface area contributed by atoms with Crippen molar-refractivity contribution in [2.24, 2.45) is 0 Å². The quantitative estimate of drug-likeness (QED) is 0.794. The van der Waals surface area contributed by atoms with Crippen molar-refractivity contribution in [1.82, 2.24) is 0 Å². The van der Waals surface area contributed by atoms with Crippen molar-refractivity contribution in [1.29, 1.82) is 0 Å². The molecule has 0 atom stereocenters. The summed E-state index contributed by atoms with van der Waals surface area (Å²) in [5.74, 6) is 0.653. The highest BCUT2D eigenvalue weighted by Gasteiger charge is 2.01. The van der Waals surface area contributed by atoms with Gasteiger partial charge in [-0.15, -0.1) is 0 Å². The summed E-state index contributed by atoms with van der Waals surface area (Å²) in [6.07, 6.45) is 1.39. The molecule has 0 unspecified atom stereocenters. The third-order valence-electron chi connectivity index (χ3n) is 1.76. The average molecular weight is 192 g/mol. The van der Waals surface area contributed by atoms with E-state index in [0.29, 0.717) is 12.2 Å². The van der Waals surface area contributed by atoms with Gasteiger partial charge in [0.25, 0.3) is 0 Å². The van der Waals surface area contributed by atoms with Crippen LogP contribution in [0.25, 0.3) is 0 Å². The van der Waals surface area contributed by atoms with Crippen LogP contribution < -0.4 is 10.1 Å². The van der Waals surface area contributed by atoms with Crippen molar-refractivity contribution in [3.05, 3.63) is 24.3 Å². The number of carbonyl (C=O) groups excluding carboxylic acids is 1. The summed E-state index contributed by atoms with van der Waals surface area (Å²) in [7, 11) is 1.57. The van der Waals surface area contributed by atoms with E-state index in [1.807, 2.05) is 6.92 Å². The predicted molar refractivity (Wildman–Crippen MR) is 55.4 cm³/mol. The predicted octanol–water partition coefficient (Wildman–Crippen LogP) is 2.23. The molecule has 0 aromatic heterocycles. The molecule has 0 heterocycles. The first-order valence-electron chi connectivity index (χ1n) is 4.62. The minimum Gasteiger partial charge on any atom is -0.496 e. The van der Waals surface area contributed by atoms with Crippen molar-refractivity contribution in [2.75, 3.05) is 12.4 Å². The second-order valence-electron chi connectivity index (χ2n) is 2.94. The van der Waals surface area contributed by atoms with Crippen molar-refractivity contribution < 1.29 is 9.53 Å². The van der Waals surface area contributed by atoms with E-state index >= 15 is 0 Å². The molecule has 0 spiro atoms. The van der Waals surface area contributed by atoms with Gasteiger partial charge in [-0.3, -0.25) is 4.79 Å². The first-order chi connectivity index (χ1) is 6.76. The monoisotopic (exact) mass is 192 g/mol. The number of methoxy groups -OCH3 is 1. The third kappa shape index (κ3) is 3.09. The van der Waals surface area contributed by atoms with Crippen LogP contribution in [0.3, 0.4) is 0 Å². The molecule has 0 aliphatic heterocycles. The maximum absolute atomic E-state index is 11.2. The molecule has 14 heavy (non-hydrogen) atoms. The highest BCUT2D eigenvalue weighted by atomic mass is 16.5. The Morgan fingerprint density at radius 1 is 1.64 bits per heavy atom. The molecule has 3 nitrogen and oxygen atoms in total. The Hall–Kier alpha value is -1.51. The standard InChI is InChI=1S/C11H14NO2/c1-3-5-11(13)12-9-6-4-7-10(8-9)14-2/h4,6,8H,3,5H2,1-2H3,(H,12,13). The molecule has 3 heteroatoms. The smallest absolute Gasteiger partial charge is 0.224 e. The Morgan fingerprint density at radius 3 is 3.07 bits per heavy atom. The topological polar surface area (TPSA) is 38.3 Å². The van der Waals surface area contributed by atoms with Crippen LogP contribution >= 0.6 is 0 Å². The zero-order chi connectivity index (χ0) is 10.4. The van der Waals surface area contributed by atoms with Crippen LogP contribution in [0.4, 0.5) is 5.69 Å². The fourth-order valence-corrected chi connectivity index (χ4v) is 1.09. The van der Waals surface area contributed by atoms with Gasteiger partial charge in [0.2, 0.25) is 5.91 Å². The number of nitrogens with one attached hydrogen (secondary N) is 1.